The molecule has 2 heterocycles. The molecule has 4 rings (SSSR count). The Balaban J connectivity index is 1.80. The van der Waals surface area contributed by atoms with Crippen LogP contribution in [-0.2, 0) is 14.9 Å². The summed E-state index contributed by atoms with van der Waals surface area (Å²) in [6.07, 6.45) is 0.490. The van der Waals surface area contributed by atoms with Crippen molar-refractivity contribution in [1.82, 2.24) is 14.9 Å². The zero-order valence-electron chi connectivity index (χ0n) is 20.3. The van der Waals surface area contributed by atoms with Gasteiger partial charge in [0.25, 0.3) is 0 Å². The standard InChI is InChI=1S/C26H29N3O6/c1-17-5-7-18(8-6-17)21-22(19-9-11-20(33-3)12-10-19)35-23(27-21)26(24(30)34-4)13-15-29(16-14-26)25(31)28(2)32/h5-12,32H,13-16H2,1-4H3. The molecule has 3 aromatic rings. The van der Waals surface area contributed by atoms with E-state index in [1.807, 2.05) is 55.5 Å². The summed E-state index contributed by atoms with van der Waals surface area (Å²) < 4.78 is 16.8. The molecule has 1 aliphatic heterocycles. The molecule has 0 atom stereocenters. The molecular weight excluding hydrogens is 450 g/mol. The number of hydrogen-bond donors (Lipinski definition) is 1. The highest BCUT2D eigenvalue weighted by Crippen LogP contribution is 2.42. The summed E-state index contributed by atoms with van der Waals surface area (Å²) >= 11 is 0. The SMILES string of the molecule is COC(=O)C1(c2nc(-c3ccc(C)cc3)c(-c3ccc(OC)cc3)o2)CCN(C(=O)N(C)O)CC1. The minimum absolute atomic E-state index is 0.235. The molecule has 35 heavy (non-hydrogen) atoms. The van der Waals surface area contributed by atoms with Crippen LogP contribution in [0, 0.1) is 6.92 Å². The van der Waals surface area contributed by atoms with Gasteiger partial charge in [0, 0.05) is 31.3 Å². The van der Waals surface area contributed by atoms with Crippen LogP contribution in [0.4, 0.5) is 4.79 Å². The van der Waals surface area contributed by atoms with Crippen LogP contribution >= 0.6 is 0 Å². The molecule has 2 aromatic carbocycles. The fraction of sp³-hybridized carbons (Fsp3) is 0.346. The van der Waals surface area contributed by atoms with E-state index in [2.05, 4.69) is 0 Å². The van der Waals surface area contributed by atoms with Gasteiger partial charge in [0.15, 0.2) is 5.76 Å². The Morgan fingerprint density at radius 1 is 1.03 bits per heavy atom. The molecule has 1 saturated heterocycles. The number of hydroxylamine groups is 2. The number of esters is 1. The van der Waals surface area contributed by atoms with Gasteiger partial charge in [-0.3, -0.25) is 10.0 Å². The lowest BCUT2D eigenvalue weighted by Crippen LogP contribution is -2.51. The van der Waals surface area contributed by atoms with E-state index in [0.717, 1.165) is 16.7 Å². The van der Waals surface area contributed by atoms with Gasteiger partial charge in [-0.25, -0.2) is 14.8 Å². The average molecular weight is 480 g/mol. The van der Waals surface area contributed by atoms with Gasteiger partial charge < -0.3 is 18.8 Å². The topological polar surface area (TPSA) is 105 Å². The maximum absolute atomic E-state index is 13.1. The third-order valence-corrected chi connectivity index (χ3v) is 6.45. The van der Waals surface area contributed by atoms with Crippen molar-refractivity contribution >= 4 is 12.0 Å². The lowest BCUT2D eigenvalue weighted by molar-refractivity contribution is -0.150. The van der Waals surface area contributed by atoms with Crippen LogP contribution in [-0.4, -0.2) is 66.5 Å². The second kappa shape index (κ2) is 9.79. The van der Waals surface area contributed by atoms with E-state index < -0.39 is 17.4 Å². The number of rotatable bonds is 5. The first-order valence-electron chi connectivity index (χ1n) is 11.3. The quantitative estimate of drug-likeness (QED) is 0.331. The van der Waals surface area contributed by atoms with Crippen molar-refractivity contribution in [2.75, 3.05) is 34.4 Å². The van der Waals surface area contributed by atoms with E-state index in [9.17, 15) is 14.8 Å². The van der Waals surface area contributed by atoms with E-state index in [0.29, 0.717) is 22.3 Å². The lowest BCUT2D eigenvalue weighted by atomic mass is 9.78. The number of benzene rings is 2. The number of aromatic nitrogens is 1. The predicted octanol–water partition coefficient (Wildman–Crippen LogP) is 4.27. The first-order valence-corrected chi connectivity index (χ1v) is 11.3. The average Bonchev–Trinajstić information content (AvgIpc) is 3.34. The van der Waals surface area contributed by atoms with Crippen molar-refractivity contribution in [3.8, 4) is 28.3 Å². The zero-order chi connectivity index (χ0) is 25.2. The number of likely N-dealkylation sites (tertiary alicyclic amines) is 1. The maximum atomic E-state index is 13.1. The summed E-state index contributed by atoms with van der Waals surface area (Å²) in [5, 5.41) is 10.1. The predicted molar refractivity (Wildman–Crippen MR) is 128 cm³/mol. The summed E-state index contributed by atoms with van der Waals surface area (Å²) in [4.78, 5) is 31.7. The molecule has 1 fully saturated rings. The molecule has 184 valence electrons. The smallest absolute Gasteiger partial charge is 0.343 e. The summed E-state index contributed by atoms with van der Waals surface area (Å²) in [6, 6.07) is 14.8. The third kappa shape index (κ3) is 4.59. The number of carbonyl (C=O) groups is 2. The maximum Gasteiger partial charge on any atom is 0.343 e. The number of methoxy groups -OCH3 is 2. The van der Waals surface area contributed by atoms with Crippen LogP contribution in [0.25, 0.3) is 22.6 Å². The Labute approximate surface area is 203 Å². The monoisotopic (exact) mass is 479 g/mol. The number of carbonyl (C=O) groups excluding carboxylic acids is 2. The molecule has 1 aliphatic rings. The van der Waals surface area contributed by atoms with E-state index >= 15 is 0 Å². The van der Waals surface area contributed by atoms with Gasteiger partial charge in [0.2, 0.25) is 5.89 Å². The number of oxazole rings is 1. The van der Waals surface area contributed by atoms with Gasteiger partial charge >= 0.3 is 12.0 Å². The number of hydrogen-bond acceptors (Lipinski definition) is 7. The molecule has 9 heteroatoms. The summed E-state index contributed by atoms with van der Waals surface area (Å²) in [6.45, 7) is 2.48. The van der Waals surface area contributed by atoms with Gasteiger partial charge in [-0.15, -0.1) is 0 Å². The summed E-state index contributed by atoms with van der Waals surface area (Å²) in [7, 11) is 4.20. The van der Waals surface area contributed by atoms with Gasteiger partial charge in [-0.2, -0.15) is 0 Å². The minimum Gasteiger partial charge on any atom is -0.497 e. The van der Waals surface area contributed by atoms with Gasteiger partial charge in [-0.1, -0.05) is 29.8 Å². The number of nitrogens with zero attached hydrogens (tertiary/aromatic N) is 3. The molecule has 9 nitrogen and oxygen atoms in total. The number of urea groups is 1. The van der Waals surface area contributed by atoms with E-state index in [1.165, 1.54) is 19.1 Å². The van der Waals surface area contributed by atoms with E-state index in [1.54, 1.807) is 7.11 Å². The van der Waals surface area contributed by atoms with Crippen LogP contribution in [0.1, 0.15) is 24.3 Å². The van der Waals surface area contributed by atoms with Gasteiger partial charge in [0.1, 0.15) is 16.9 Å². The molecule has 2 amide bonds. The van der Waals surface area contributed by atoms with Crippen molar-refractivity contribution in [3.05, 3.63) is 60.0 Å². The Kier molecular flexibility index (Phi) is 6.79. The van der Waals surface area contributed by atoms with Crippen LogP contribution in [0.3, 0.4) is 0 Å². The summed E-state index contributed by atoms with van der Waals surface area (Å²) in [5.41, 5.74) is 2.20. The molecule has 1 aromatic heterocycles. The van der Waals surface area contributed by atoms with Crippen LogP contribution in [0.5, 0.6) is 5.75 Å². The highest BCUT2D eigenvalue weighted by atomic mass is 16.5. The van der Waals surface area contributed by atoms with E-state index in [4.69, 9.17) is 18.9 Å². The van der Waals surface area contributed by atoms with E-state index in [-0.39, 0.29) is 31.8 Å². The number of aryl methyl sites for hydroxylation is 1. The lowest BCUT2D eigenvalue weighted by Gasteiger charge is -2.38. The van der Waals surface area contributed by atoms with Crippen LogP contribution in [0.15, 0.2) is 52.9 Å². The number of ether oxygens (including phenoxy) is 2. The molecule has 0 radical (unpaired) electrons. The molecular formula is C26H29N3O6. The van der Waals surface area contributed by atoms with Crippen molar-refractivity contribution in [2.45, 2.75) is 25.2 Å². The van der Waals surface area contributed by atoms with Crippen LogP contribution in [0.2, 0.25) is 0 Å². The molecule has 1 N–H and O–H groups in total. The summed E-state index contributed by atoms with van der Waals surface area (Å²) in [5.74, 6) is 1.01. The Bertz CT molecular complexity index is 1190. The molecule has 0 bridgehead atoms. The van der Waals surface area contributed by atoms with Gasteiger partial charge in [-0.05, 0) is 44.0 Å². The third-order valence-electron chi connectivity index (χ3n) is 6.45. The fourth-order valence-electron chi connectivity index (χ4n) is 4.36. The van der Waals surface area contributed by atoms with Crippen LogP contribution < -0.4 is 4.74 Å². The highest BCUT2D eigenvalue weighted by Gasteiger charge is 2.49. The Hall–Kier alpha value is -3.85. The molecule has 0 saturated carbocycles. The largest absolute Gasteiger partial charge is 0.497 e. The molecule has 0 spiro atoms. The molecule has 0 unspecified atom stereocenters. The van der Waals surface area contributed by atoms with Crippen molar-refractivity contribution in [3.63, 3.8) is 0 Å². The Morgan fingerprint density at radius 3 is 2.17 bits per heavy atom. The minimum atomic E-state index is -1.16. The molecule has 0 aliphatic carbocycles. The number of piperidine rings is 1. The second-order valence-corrected chi connectivity index (χ2v) is 8.66. The first-order chi connectivity index (χ1) is 16.8. The second-order valence-electron chi connectivity index (χ2n) is 8.66. The van der Waals surface area contributed by atoms with Crippen molar-refractivity contribution in [1.29, 1.82) is 0 Å². The first kappa shape index (κ1) is 24.3. The number of amides is 2. The fourth-order valence-corrected chi connectivity index (χ4v) is 4.36. The zero-order valence-corrected chi connectivity index (χ0v) is 20.3. The van der Waals surface area contributed by atoms with Crippen molar-refractivity contribution in [2.24, 2.45) is 0 Å². The Morgan fingerprint density at radius 2 is 1.63 bits per heavy atom. The highest BCUT2D eigenvalue weighted by molar-refractivity contribution is 5.84. The van der Waals surface area contributed by atoms with Gasteiger partial charge in [0.05, 0.1) is 14.2 Å². The normalized spacial score (nSPS) is 14.9. The van der Waals surface area contributed by atoms with Crippen molar-refractivity contribution < 1.29 is 28.7 Å².